The standard InChI is InChI=1S/C11H13N5O2S/c1-3-18-10(17)7-4-9(13-5-8(7)12)19-11-14-6(2)15-16-11/h4-5H,3,12H2,1-2H3,(H,14,15,16). The van der Waals surface area contributed by atoms with E-state index in [1.54, 1.807) is 19.9 Å². The molecule has 2 aromatic heterocycles. The van der Waals surface area contributed by atoms with E-state index in [-0.39, 0.29) is 5.69 Å². The minimum absolute atomic E-state index is 0.286. The molecule has 0 unspecified atom stereocenters. The van der Waals surface area contributed by atoms with Crippen molar-refractivity contribution >= 4 is 23.4 Å². The van der Waals surface area contributed by atoms with Crippen LogP contribution in [0.5, 0.6) is 0 Å². The fraction of sp³-hybridized carbons (Fsp3) is 0.273. The number of carbonyl (C=O) groups excluding carboxylic acids is 1. The van der Waals surface area contributed by atoms with Gasteiger partial charge in [-0.3, -0.25) is 5.10 Å². The first kappa shape index (κ1) is 13.3. The Kier molecular flexibility index (Phi) is 4.00. The maximum Gasteiger partial charge on any atom is 0.340 e. The van der Waals surface area contributed by atoms with Gasteiger partial charge in [-0.15, -0.1) is 5.10 Å². The number of nitrogens with zero attached hydrogens (tertiary/aromatic N) is 3. The minimum Gasteiger partial charge on any atom is -0.462 e. The quantitative estimate of drug-likeness (QED) is 0.815. The highest BCUT2D eigenvalue weighted by molar-refractivity contribution is 7.99. The molecule has 0 aliphatic carbocycles. The van der Waals surface area contributed by atoms with E-state index >= 15 is 0 Å². The van der Waals surface area contributed by atoms with Crippen LogP contribution in [0.15, 0.2) is 22.4 Å². The maximum absolute atomic E-state index is 11.7. The number of ether oxygens (including phenoxy) is 1. The van der Waals surface area contributed by atoms with Crippen molar-refractivity contribution in [2.24, 2.45) is 0 Å². The third-order valence-electron chi connectivity index (χ3n) is 2.18. The van der Waals surface area contributed by atoms with Gasteiger partial charge >= 0.3 is 5.97 Å². The zero-order valence-electron chi connectivity index (χ0n) is 10.5. The summed E-state index contributed by atoms with van der Waals surface area (Å²) < 4.78 is 4.92. The lowest BCUT2D eigenvalue weighted by atomic mass is 10.2. The number of rotatable bonds is 4. The zero-order chi connectivity index (χ0) is 13.8. The Labute approximate surface area is 114 Å². The molecule has 0 atom stereocenters. The van der Waals surface area contributed by atoms with Crippen molar-refractivity contribution in [2.75, 3.05) is 12.3 Å². The second-order valence-electron chi connectivity index (χ2n) is 3.64. The second-order valence-corrected chi connectivity index (χ2v) is 4.62. The lowest BCUT2D eigenvalue weighted by Crippen LogP contribution is -2.08. The van der Waals surface area contributed by atoms with Crippen molar-refractivity contribution < 1.29 is 9.53 Å². The average molecular weight is 279 g/mol. The van der Waals surface area contributed by atoms with E-state index in [0.717, 1.165) is 0 Å². The number of nitrogens with one attached hydrogen (secondary N) is 1. The number of nitrogen functional groups attached to an aromatic ring is 1. The fourth-order valence-corrected chi connectivity index (χ4v) is 2.09. The third kappa shape index (κ3) is 3.22. The van der Waals surface area contributed by atoms with Crippen molar-refractivity contribution in [3.05, 3.63) is 23.7 Å². The number of pyridine rings is 1. The van der Waals surface area contributed by atoms with Crippen molar-refractivity contribution in [3.63, 3.8) is 0 Å². The van der Waals surface area contributed by atoms with Gasteiger partial charge in [0, 0.05) is 0 Å². The second kappa shape index (κ2) is 5.70. The number of aromatic nitrogens is 4. The topological polar surface area (TPSA) is 107 Å². The van der Waals surface area contributed by atoms with Crippen LogP contribution in [0.3, 0.4) is 0 Å². The Morgan fingerprint density at radius 2 is 2.37 bits per heavy atom. The molecule has 0 amide bonds. The molecule has 0 saturated carbocycles. The Bertz CT molecular complexity index is 599. The van der Waals surface area contributed by atoms with Crippen LogP contribution in [-0.2, 0) is 4.74 Å². The molecule has 100 valence electrons. The third-order valence-corrected chi connectivity index (χ3v) is 2.98. The van der Waals surface area contributed by atoms with E-state index in [2.05, 4.69) is 20.2 Å². The summed E-state index contributed by atoms with van der Waals surface area (Å²) in [6, 6.07) is 1.57. The van der Waals surface area contributed by atoms with Gasteiger partial charge < -0.3 is 10.5 Å². The van der Waals surface area contributed by atoms with E-state index in [4.69, 9.17) is 10.5 Å². The van der Waals surface area contributed by atoms with Gasteiger partial charge in [0.25, 0.3) is 0 Å². The number of hydrogen-bond donors (Lipinski definition) is 2. The molecule has 0 saturated heterocycles. The molecule has 0 aliphatic heterocycles. The number of aryl methyl sites for hydroxylation is 1. The Morgan fingerprint density at radius 1 is 1.58 bits per heavy atom. The van der Waals surface area contributed by atoms with E-state index in [1.807, 2.05) is 0 Å². The minimum atomic E-state index is -0.463. The largest absolute Gasteiger partial charge is 0.462 e. The average Bonchev–Trinajstić information content (AvgIpc) is 2.77. The molecule has 2 rings (SSSR count). The van der Waals surface area contributed by atoms with Gasteiger partial charge in [0.05, 0.1) is 24.1 Å². The number of anilines is 1. The molecular weight excluding hydrogens is 266 g/mol. The number of nitrogens with two attached hydrogens (primary N) is 1. The van der Waals surface area contributed by atoms with Crippen molar-refractivity contribution in [1.82, 2.24) is 20.2 Å². The molecular formula is C11H13N5O2S. The van der Waals surface area contributed by atoms with E-state index in [1.165, 1.54) is 18.0 Å². The summed E-state index contributed by atoms with van der Waals surface area (Å²) in [6.07, 6.45) is 1.42. The summed E-state index contributed by atoms with van der Waals surface area (Å²) in [5.74, 6) is 0.249. The molecule has 0 fully saturated rings. The summed E-state index contributed by atoms with van der Waals surface area (Å²) in [5.41, 5.74) is 6.29. The number of aromatic amines is 1. The number of carbonyl (C=O) groups is 1. The Morgan fingerprint density at radius 3 is 3.00 bits per heavy atom. The van der Waals surface area contributed by atoms with Crippen LogP contribution in [0, 0.1) is 6.92 Å². The first-order valence-electron chi connectivity index (χ1n) is 5.59. The zero-order valence-corrected chi connectivity index (χ0v) is 11.3. The first-order chi connectivity index (χ1) is 9.10. The van der Waals surface area contributed by atoms with Gasteiger partial charge in [-0.25, -0.2) is 14.8 Å². The van der Waals surface area contributed by atoms with Gasteiger partial charge in [0.1, 0.15) is 10.9 Å². The summed E-state index contributed by atoms with van der Waals surface area (Å²) in [4.78, 5) is 20.0. The summed E-state index contributed by atoms with van der Waals surface area (Å²) in [7, 11) is 0. The van der Waals surface area contributed by atoms with Crippen molar-refractivity contribution in [1.29, 1.82) is 0 Å². The highest BCUT2D eigenvalue weighted by atomic mass is 32.2. The van der Waals surface area contributed by atoms with Crippen LogP contribution in [0.1, 0.15) is 23.1 Å². The lowest BCUT2D eigenvalue weighted by Gasteiger charge is -2.06. The molecule has 7 nitrogen and oxygen atoms in total. The van der Waals surface area contributed by atoms with E-state index in [0.29, 0.717) is 28.2 Å². The highest BCUT2D eigenvalue weighted by Crippen LogP contribution is 2.25. The molecule has 0 bridgehead atoms. The summed E-state index contributed by atoms with van der Waals surface area (Å²) >= 11 is 1.24. The molecule has 0 spiro atoms. The van der Waals surface area contributed by atoms with Crippen LogP contribution >= 0.6 is 11.8 Å². The molecule has 2 heterocycles. The Hall–Kier alpha value is -2.09. The lowest BCUT2D eigenvalue weighted by molar-refractivity contribution is 0.0527. The van der Waals surface area contributed by atoms with Crippen LogP contribution in [0.25, 0.3) is 0 Å². The number of H-pyrrole nitrogens is 1. The van der Waals surface area contributed by atoms with Crippen LogP contribution in [0.4, 0.5) is 5.69 Å². The van der Waals surface area contributed by atoms with E-state index in [9.17, 15) is 4.79 Å². The number of hydrogen-bond acceptors (Lipinski definition) is 7. The monoisotopic (exact) mass is 279 g/mol. The maximum atomic E-state index is 11.7. The molecule has 2 aromatic rings. The molecule has 8 heteroatoms. The molecule has 19 heavy (non-hydrogen) atoms. The van der Waals surface area contributed by atoms with Gasteiger partial charge in [0.2, 0.25) is 5.16 Å². The molecule has 3 N–H and O–H groups in total. The first-order valence-corrected chi connectivity index (χ1v) is 6.41. The van der Waals surface area contributed by atoms with Gasteiger partial charge in [-0.1, -0.05) is 0 Å². The van der Waals surface area contributed by atoms with E-state index < -0.39 is 5.97 Å². The molecule has 0 aliphatic rings. The fourth-order valence-electron chi connectivity index (χ4n) is 1.35. The normalized spacial score (nSPS) is 10.4. The van der Waals surface area contributed by atoms with Crippen LogP contribution < -0.4 is 5.73 Å². The van der Waals surface area contributed by atoms with Crippen molar-refractivity contribution in [3.8, 4) is 0 Å². The predicted molar refractivity (Wildman–Crippen MR) is 69.8 cm³/mol. The van der Waals surface area contributed by atoms with Crippen LogP contribution in [-0.4, -0.2) is 32.7 Å². The summed E-state index contributed by atoms with van der Waals surface area (Å²) in [6.45, 7) is 3.84. The van der Waals surface area contributed by atoms with Crippen molar-refractivity contribution in [2.45, 2.75) is 24.0 Å². The van der Waals surface area contributed by atoms with Gasteiger partial charge in [-0.05, 0) is 31.7 Å². The molecule has 0 aromatic carbocycles. The van der Waals surface area contributed by atoms with Crippen LogP contribution in [0.2, 0.25) is 0 Å². The SMILES string of the molecule is CCOC(=O)c1cc(Sc2n[nH]c(C)n2)ncc1N. The Balaban J connectivity index is 2.23. The predicted octanol–water partition coefficient (Wildman–Crippen LogP) is 1.42. The van der Waals surface area contributed by atoms with Gasteiger partial charge in [0.15, 0.2) is 0 Å². The highest BCUT2D eigenvalue weighted by Gasteiger charge is 2.14. The smallest absolute Gasteiger partial charge is 0.340 e. The summed E-state index contributed by atoms with van der Waals surface area (Å²) in [5, 5.41) is 7.83. The van der Waals surface area contributed by atoms with Gasteiger partial charge in [-0.2, -0.15) is 0 Å². The molecule has 0 radical (unpaired) electrons. The number of esters is 1.